The van der Waals surface area contributed by atoms with E-state index >= 15 is 0 Å². The zero-order valence-electron chi connectivity index (χ0n) is 15.7. The molecule has 0 atom stereocenters. The van der Waals surface area contributed by atoms with Gasteiger partial charge in [-0.25, -0.2) is 4.39 Å². The van der Waals surface area contributed by atoms with E-state index in [2.05, 4.69) is 34.7 Å². The fraction of sp³-hybridized carbons (Fsp3) is 0.667. The summed E-state index contributed by atoms with van der Waals surface area (Å²) in [5.74, 6) is -0.238. The molecule has 0 bridgehead atoms. The predicted octanol–water partition coefficient (Wildman–Crippen LogP) is 5.08. The van der Waals surface area contributed by atoms with E-state index in [0.717, 1.165) is 37.5 Å². The first-order chi connectivity index (χ1) is 12.4. The molecule has 2 fully saturated rings. The minimum atomic E-state index is -0.464. The van der Waals surface area contributed by atoms with Crippen LogP contribution in [-0.2, 0) is 5.54 Å². The second-order valence-corrected chi connectivity index (χ2v) is 9.46. The van der Waals surface area contributed by atoms with Gasteiger partial charge in [-0.3, -0.25) is 4.79 Å². The topological polar surface area (TPSA) is 23.6 Å². The van der Waals surface area contributed by atoms with Crippen LogP contribution in [0.4, 0.5) is 4.39 Å². The van der Waals surface area contributed by atoms with Crippen LogP contribution >= 0.6 is 15.9 Å². The Bertz CT molecular complexity index is 706. The maximum atomic E-state index is 14.0. The first kappa shape index (κ1) is 18.4. The highest BCUT2D eigenvalue weighted by molar-refractivity contribution is 9.10. The van der Waals surface area contributed by atoms with Crippen LogP contribution < -0.4 is 0 Å². The van der Waals surface area contributed by atoms with Gasteiger partial charge in [-0.05, 0) is 73.2 Å². The van der Waals surface area contributed by atoms with Crippen molar-refractivity contribution in [2.24, 2.45) is 0 Å². The van der Waals surface area contributed by atoms with Crippen LogP contribution in [-0.4, -0.2) is 40.9 Å². The summed E-state index contributed by atoms with van der Waals surface area (Å²) in [6, 6.07) is 3.92. The first-order valence-electron chi connectivity index (χ1n) is 9.97. The number of piperidine rings is 1. The van der Waals surface area contributed by atoms with Gasteiger partial charge in [0, 0.05) is 29.6 Å². The van der Waals surface area contributed by atoms with Gasteiger partial charge in [0.1, 0.15) is 5.82 Å². The molecule has 0 N–H and O–H groups in total. The van der Waals surface area contributed by atoms with Gasteiger partial charge in [-0.15, -0.1) is 0 Å². The Hall–Kier alpha value is -0.940. The number of amides is 1. The summed E-state index contributed by atoms with van der Waals surface area (Å²) in [6.07, 6.45) is 8.79. The number of carbonyl (C=O) groups excluding carboxylic acids is 1. The molecule has 2 aliphatic heterocycles. The summed E-state index contributed by atoms with van der Waals surface area (Å²) in [4.78, 5) is 17.9. The molecule has 0 radical (unpaired) electrons. The number of likely N-dealkylation sites (tertiary alicyclic amines) is 1. The van der Waals surface area contributed by atoms with Crippen LogP contribution in [0.25, 0.3) is 0 Å². The number of benzene rings is 1. The van der Waals surface area contributed by atoms with Crippen molar-refractivity contribution < 1.29 is 9.18 Å². The number of rotatable bonds is 2. The lowest BCUT2D eigenvalue weighted by Crippen LogP contribution is -2.53. The summed E-state index contributed by atoms with van der Waals surface area (Å²) in [5.41, 5.74) is 0.990. The Morgan fingerprint density at radius 3 is 2.35 bits per heavy atom. The molecule has 0 spiro atoms. The number of nitrogens with zero attached hydrogens (tertiary/aromatic N) is 2. The molecular weight excluding hydrogens is 395 g/mol. The molecule has 142 valence electrons. The summed E-state index contributed by atoms with van der Waals surface area (Å²) >= 11 is 3.41. The van der Waals surface area contributed by atoms with Gasteiger partial charge >= 0.3 is 0 Å². The highest BCUT2D eigenvalue weighted by Crippen LogP contribution is 2.45. The van der Waals surface area contributed by atoms with Crippen LogP contribution in [0.2, 0.25) is 0 Å². The van der Waals surface area contributed by atoms with E-state index in [1.807, 2.05) is 4.90 Å². The van der Waals surface area contributed by atoms with Crippen molar-refractivity contribution >= 4 is 21.8 Å². The predicted molar refractivity (Wildman–Crippen MR) is 105 cm³/mol. The minimum Gasteiger partial charge on any atom is -0.326 e. The molecule has 3 nitrogen and oxygen atoms in total. The van der Waals surface area contributed by atoms with Crippen molar-refractivity contribution in [2.45, 2.75) is 76.4 Å². The van der Waals surface area contributed by atoms with Gasteiger partial charge < -0.3 is 9.80 Å². The molecule has 5 heteroatoms. The lowest BCUT2D eigenvalue weighted by molar-refractivity contribution is 0.0228. The van der Waals surface area contributed by atoms with Crippen molar-refractivity contribution in [2.75, 3.05) is 13.1 Å². The second kappa shape index (κ2) is 6.90. The van der Waals surface area contributed by atoms with Gasteiger partial charge in [-0.2, -0.15) is 0 Å². The summed E-state index contributed by atoms with van der Waals surface area (Å²) < 4.78 is 14.5. The lowest BCUT2D eigenvalue weighted by atomic mass is 9.89. The highest BCUT2D eigenvalue weighted by Gasteiger charge is 2.48. The van der Waals surface area contributed by atoms with E-state index < -0.39 is 5.54 Å². The molecule has 1 amide bonds. The number of hydrogen-bond donors (Lipinski definition) is 0. The summed E-state index contributed by atoms with van der Waals surface area (Å²) in [5, 5.41) is 0. The normalized spacial score (nSPS) is 24.9. The minimum absolute atomic E-state index is 0.0491. The lowest BCUT2D eigenvalue weighted by Gasteiger charge is -2.45. The van der Waals surface area contributed by atoms with E-state index in [1.165, 1.54) is 44.2 Å². The van der Waals surface area contributed by atoms with Gasteiger partial charge in [0.05, 0.1) is 11.1 Å². The zero-order chi connectivity index (χ0) is 18.5. The van der Waals surface area contributed by atoms with Crippen LogP contribution in [0.1, 0.15) is 74.7 Å². The Kier molecular flexibility index (Phi) is 4.89. The van der Waals surface area contributed by atoms with Gasteiger partial charge in [0.2, 0.25) is 0 Å². The molecule has 4 rings (SSSR count). The van der Waals surface area contributed by atoms with Crippen molar-refractivity contribution in [1.82, 2.24) is 9.80 Å². The maximum absolute atomic E-state index is 14.0. The van der Waals surface area contributed by atoms with Crippen molar-refractivity contribution in [3.05, 3.63) is 33.5 Å². The molecule has 3 aliphatic rings. The SMILES string of the molecule is CC1(C)c2cc(F)cc(Br)c2C(=O)N1C1CCN(C2CCCCC2)CC1. The quantitative estimate of drug-likeness (QED) is 0.663. The number of carbonyl (C=O) groups is 1. The molecule has 0 unspecified atom stereocenters. The van der Waals surface area contributed by atoms with Gasteiger partial charge in [0.15, 0.2) is 0 Å². The number of hydrogen-bond acceptors (Lipinski definition) is 2. The van der Waals surface area contributed by atoms with E-state index in [1.54, 1.807) is 0 Å². The molecule has 1 aromatic carbocycles. The van der Waals surface area contributed by atoms with E-state index in [0.29, 0.717) is 10.0 Å². The van der Waals surface area contributed by atoms with Crippen molar-refractivity contribution in [3.63, 3.8) is 0 Å². The molecule has 1 saturated heterocycles. The Morgan fingerprint density at radius 1 is 1.04 bits per heavy atom. The van der Waals surface area contributed by atoms with Crippen LogP contribution in [0, 0.1) is 5.82 Å². The molecular formula is C21H28BrFN2O. The fourth-order valence-electron chi connectivity index (χ4n) is 5.36. The second-order valence-electron chi connectivity index (χ2n) is 8.60. The zero-order valence-corrected chi connectivity index (χ0v) is 17.3. The van der Waals surface area contributed by atoms with Crippen LogP contribution in [0.5, 0.6) is 0 Å². The van der Waals surface area contributed by atoms with Gasteiger partial charge in [-0.1, -0.05) is 19.3 Å². The third-order valence-corrected chi connectivity index (χ3v) is 7.33. The molecule has 1 aromatic rings. The Balaban J connectivity index is 1.52. The molecule has 1 saturated carbocycles. The molecule has 1 aliphatic carbocycles. The fourth-order valence-corrected chi connectivity index (χ4v) is 5.96. The third-order valence-electron chi connectivity index (χ3n) is 6.70. The molecule has 0 aromatic heterocycles. The maximum Gasteiger partial charge on any atom is 0.256 e. The summed E-state index contributed by atoms with van der Waals surface area (Å²) in [7, 11) is 0. The number of halogens is 2. The average Bonchev–Trinajstić information content (AvgIpc) is 2.82. The largest absolute Gasteiger partial charge is 0.326 e. The Labute approximate surface area is 164 Å². The molecule has 26 heavy (non-hydrogen) atoms. The Morgan fingerprint density at radius 2 is 1.69 bits per heavy atom. The number of fused-ring (bicyclic) bond motifs is 1. The van der Waals surface area contributed by atoms with Crippen LogP contribution in [0.15, 0.2) is 16.6 Å². The molecule has 2 heterocycles. The van der Waals surface area contributed by atoms with Crippen molar-refractivity contribution in [1.29, 1.82) is 0 Å². The standard InChI is InChI=1S/C21H28BrFN2O/c1-21(2)17-12-14(23)13-18(22)19(17)20(26)25(21)16-8-10-24(11-9-16)15-6-4-3-5-7-15/h12-13,15-16H,3-11H2,1-2H3. The smallest absolute Gasteiger partial charge is 0.256 e. The van der Waals surface area contributed by atoms with E-state index in [4.69, 9.17) is 0 Å². The van der Waals surface area contributed by atoms with E-state index in [9.17, 15) is 9.18 Å². The van der Waals surface area contributed by atoms with Crippen molar-refractivity contribution in [3.8, 4) is 0 Å². The van der Waals surface area contributed by atoms with Gasteiger partial charge in [0.25, 0.3) is 5.91 Å². The van der Waals surface area contributed by atoms with E-state index in [-0.39, 0.29) is 17.8 Å². The highest BCUT2D eigenvalue weighted by atomic mass is 79.9. The first-order valence-corrected chi connectivity index (χ1v) is 10.8. The third kappa shape index (κ3) is 3.01. The monoisotopic (exact) mass is 422 g/mol. The summed E-state index contributed by atoms with van der Waals surface area (Å²) in [6.45, 7) is 6.24. The average molecular weight is 423 g/mol. The van der Waals surface area contributed by atoms with Crippen LogP contribution in [0.3, 0.4) is 0 Å².